The van der Waals surface area contributed by atoms with Gasteiger partial charge < -0.3 is 5.11 Å². The molecule has 4 nitrogen and oxygen atoms in total. The number of carbonyl (C=O) groups excluding carboxylic acids is 2. The van der Waals surface area contributed by atoms with Gasteiger partial charge >= 0.3 is 0 Å². The largest absolute Gasteiger partial charge is 0.396 e. The molecule has 0 bridgehead atoms. The lowest BCUT2D eigenvalue weighted by Gasteiger charge is -2.36. The molecule has 0 saturated heterocycles. The quantitative estimate of drug-likeness (QED) is 0.870. The second-order valence-corrected chi connectivity index (χ2v) is 6.82. The van der Waals surface area contributed by atoms with E-state index in [2.05, 4.69) is 0 Å². The maximum absolute atomic E-state index is 12.8. The summed E-state index contributed by atoms with van der Waals surface area (Å²) in [5.74, 6) is -0.464. The first-order valence-corrected chi connectivity index (χ1v) is 7.29. The molecule has 21 heavy (non-hydrogen) atoms. The van der Waals surface area contributed by atoms with Crippen molar-refractivity contribution in [3.05, 3.63) is 34.4 Å². The van der Waals surface area contributed by atoms with E-state index in [1.807, 2.05) is 46.8 Å². The van der Waals surface area contributed by atoms with Gasteiger partial charge in [-0.25, -0.2) is 0 Å². The summed E-state index contributed by atoms with van der Waals surface area (Å²) in [6.07, 6.45) is 0.396. The van der Waals surface area contributed by atoms with Crippen LogP contribution in [0.4, 0.5) is 0 Å². The van der Waals surface area contributed by atoms with Crippen molar-refractivity contribution in [3.63, 3.8) is 0 Å². The summed E-state index contributed by atoms with van der Waals surface area (Å²) in [7, 11) is 0. The fourth-order valence-corrected chi connectivity index (χ4v) is 3.05. The summed E-state index contributed by atoms with van der Waals surface area (Å²) >= 11 is 0. The van der Waals surface area contributed by atoms with Crippen molar-refractivity contribution in [2.75, 3.05) is 6.61 Å². The summed E-state index contributed by atoms with van der Waals surface area (Å²) in [4.78, 5) is 26.9. The van der Waals surface area contributed by atoms with E-state index < -0.39 is 0 Å². The van der Waals surface area contributed by atoms with Crippen molar-refractivity contribution in [1.29, 1.82) is 0 Å². The fraction of sp³-hybridized carbons (Fsp3) is 0.529. The highest BCUT2D eigenvalue weighted by molar-refractivity contribution is 6.22. The highest BCUT2D eigenvalue weighted by Crippen LogP contribution is 2.36. The number of rotatable bonds is 3. The molecule has 4 heteroatoms. The molecular weight excluding hydrogens is 266 g/mol. The molecule has 1 unspecified atom stereocenters. The number of aryl methyl sites for hydroxylation is 2. The van der Waals surface area contributed by atoms with Gasteiger partial charge in [-0.2, -0.15) is 0 Å². The van der Waals surface area contributed by atoms with Gasteiger partial charge in [0.15, 0.2) is 0 Å². The van der Waals surface area contributed by atoms with Crippen LogP contribution in [-0.2, 0) is 0 Å². The number of hydrogen-bond acceptors (Lipinski definition) is 3. The van der Waals surface area contributed by atoms with Crippen LogP contribution in [-0.4, -0.2) is 34.5 Å². The number of hydrogen-bond donors (Lipinski definition) is 1. The van der Waals surface area contributed by atoms with E-state index in [1.165, 1.54) is 4.90 Å². The molecule has 1 N–H and O–H groups in total. The Morgan fingerprint density at radius 3 is 1.81 bits per heavy atom. The molecule has 1 aliphatic rings. The van der Waals surface area contributed by atoms with Crippen molar-refractivity contribution in [2.24, 2.45) is 5.41 Å². The Bertz CT molecular complexity index is 558. The van der Waals surface area contributed by atoms with Crippen molar-refractivity contribution in [1.82, 2.24) is 4.90 Å². The predicted molar refractivity (Wildman–Crippen MR) is 81.4 cm³/mol. The lowest BCUT2D eigenvalue weighted by molar-refractivity contribution is 0.0410. The number of imide groups is 1. The molecule has 114 valence electrons. The normalized spacial score (nSPS) is 16.4. The Morgan fingerprint density at radius 2 is 1.48 bits per heavy atom. The molecule has 1 aromatic carbocycles. The number of benzene rings is 1. The van der Waals surface area contributed by atoms with Gasteiger partial charge in [0.05, 0.1) is 11.1 Å². The summed E-state index contributed by atoms with van der Waals surface area (Å²) in [6, 6.07) is 3.44. The molecule has 0 aliphatic carbocycles. The highest BCUT2D eigenvalue weighted by Gasteiger charge is 2.45. The predicted octanol–water partition coefficient (Wildman–Crippen LogP) is 2.70. The minimum atomic E-state index is -0.311. The molecule has 1 heterocycles. The van der Waals surface area contributed by atoms with Crippen LogP contribution in [0, 0.1) is 19.3 Å². The van der Waals surface area contributed by atoms with Crippen LogP contribution in [0.1, 0.15) is 59.0 Å². The van der Waals surface area contributed by atoms with Gasteiger partial charge in [-0.3, -0.25) is 14.5 Å². The lowest BCUT2D eigenvalue weighted by Crippen LogP contribution is -2.47. The molecular formula is C17H23NO3. The van der Waals surface area contributed by atoms with E-state index in [1.54, 1.807) is 0 Å². The summed E-state index contributed by atoms with van der Waals surface area (Å²) < 4.78 is 0. The van der Waals surface area contributed by atoms with E-state index in [9.17, 15) is 14.7 Å². The van der Waals surface area contributed by atoms with Crippen LogP contribution in [0.15, 0.2) is 12.1 Å². The highest BCUT2D eigenvalue weighted by atomic mass is 16.3. The zero-order valence-corrected chi connectivity index (χ0v) is 13.4. The third-order valence-corrected chi connectivity index (χ3v) is 4.20. The van der Waals surface area contributed by atoms with Crippen molar-refractivity contribution in [3.8, 4) is 0 Å². The van der Waals surface area contributed by atoms with Gasteiger partial charge in [0.2, 0.25) is 0 Å². The number of carbonyl (C=O) groups is 2. The van der Waals surface area contributed by atoms with Gasteiger partial charge in [0, 0.05) is 12.6 Å². The molecule has 0 fully saturated rings. The standard InChI is InChI=1S/C17H23NO3/c1-10-6-7-11(2)14-13(10)15(20)18(16(14)21)12(8-9-19)17(3,4)5/h6-7,12,19H,8-9H2,1-5H3. The van der Waals surface area contributed by atoms with E-state index in [0.29, 0.717) is 17.5 Å². The van der Waals surface area contributed by atoms with Gasteiger partial charge in [0.1, 0.15) is 0 Å². The molecule has 1 atom stereocenters. The van der Waals surface area contributed by atoms with Crippen LogP contribution >= 0.6 is 0 Å². The van der Waals surface area contributed by atoms with Crippen LogP contribution in [0.3, 0.4) is 0 Å². The fourth-order valence-electron chi connectivity index (χ4n) is 3.05. The zero-order chi connectivity index (χ0) is 15.9. The Hall–Kier alpha value is -1.68. The Labute approximate surface area is 125 Å². The van der Waals surface area contributed by atoms with Crippen molar-refractivity contribution < 1.29 is 14.7 Å². The molecule has 1 aliphatic heterocycles. The summed E-state index contributed by atoms with van der Waals surface area (Å²) in [5, 5.41) is 9.31. The Balaban J connectivity index is 2.55. The van der Waals surface area contributed by atoms with Gasteiger partial charge in [-0.05, 0) is 36.8 Å². The smallest absolute Gasteiger partial charge is 0.262 e. The number of aliphatic hydroxyl groups excluding tert-OH is 1. The number of fused-ring (bicyclic) bond motifs is 1. The van der Waals surface area contributed by atoms with Gasteiger partial charge in [-0.1, -0.05) is 32.9 Å². The van der Waals surface area contributed by atoms with Crippen molar-refractivity contribution >= 4 is 11.8 Å². The lowest BCUT2D eigenvalue weighted by atomic mass is 9.83. The van der Waals surface area contributed by atoms with Crippen LogP contribution in [0.5, 0.6) is 0 Å². The Morgan fingerprint density at radius 1 is 1.05 bits per heavy atom. The first-order chi connectivity index (χ1) is 9.70. The summed E-state index contributed by atoms with van der Waals surface area (Å²) in [6.45, 7) is 9.60. The average Bonchev–Trinajstić information content (AvgIpc) is 2.63. The minimum absolute atomic E-state index is 0.0483. The third-order valence-electron chi connectivity index (χ3n) is 4.20. The molecule has 0 saturated carbocycles. The van der Waals surface area contributed by atoms with Gasteiger partial charge in [-0.15, -0.1) is 0 Å². The molecule has 0 aromatic heterocycles. The zero-order valence-electron chi connectivity index (χ0n) is 13.4. The molecule has 1 aromatic rings. The number of aliphatic hydroxyl groups is 1. The molecule has 0 radical (unpaired) electrons. The topological polar surface area (TPSA) is 57.6 Å². The summed E-state index contributed by atoms with van der Waals surface area (Å²) in [5.41, 5.74) is 2.42. The third kappa shape index (κ3) is 2.48. The molecule has 2 rings (SSSR count). The molecule has 2 amide bonds. The van der Waals surface area contributed by atoms with Crippen LogP contribution < -0.4 is 0 Å². The maximum Gasteiger partial charge on any atom is 0.262 e. The first-order valence-electron chi connectivity index (χ1n) is 7.29. The SMILES string of the molecule is Cc1ccc(C)c2c1C(=O)N(C(CCO)C(C)(C)C)C2=O. The maximum atomic E-state index is 12.8. The van der Waals surface area contributed by atoms with Crippen LogP contribution in [0.2, 0.25) is 0 Å². The van der Waals surface area contributed by atoms with E-state index >= 15 is 0 Å². The average molecular weight is 289 g/mol. The second-order valence-electron chi connectivity index (χ2n) is 6.82. The van der Waals surface area contributed by atoms with E-state index in [0.717, 1.165) is 11.1 Å². The Kier molecular flexibility index (Phi) is 3.93. The van der Waals surface area contributed by atoms with E-state index in [4.69, 9.17) is 0 Å². The molecule has 0 spiro atoms. The number of nitrogens with zero attached hydrogens (tertiary/aromatic N) is 1. The van der Waals surface area contributed by atoms with Gasteiger partial charge in [0.25, 0.3) is 11.8 Å². The minimum Gasteiger partial charge on any atom is -0.396 e. The van der Waals surface area contributed by atoms with Crippen molar-refractivity contribution in [2.45, 2.75) is 47.1 Å². The monoisotopic (exact) mass is 289 g/mol. The first kappa shape index (κ1) is 15.7. The van der Waals surface area contributed by atoms with E-state index in [-0.39, 0.29) is 29.9 Å². The second kappa shape index (κ2) is 5.26. The number of amides is 2. The van der Waals surface area contributed by atoms with Crippen LogP contribution in [0.25, 0.3) is 0 Å².